The van der Waals surface area contributed by atoms with E-state index >= 15 is 0 Å². The van der Waals surface area contributed by atoms with Crippen molar-refractivity contribution in [1.82, 2.24) is 19.3 Å². The number of carbonyl (C=O) groups excluding carboxylic acids is 1. The summed E-state index contributed by atoms with van der Waals surface area (Å²) in [6.07, 6.45) is 1.58. The Labute approximate surface area is 240 Å². The minimum atomic E-state index is -0.523. The number of nitrogen functional groups attached to an aromatic ring is 1. The molecule has 10 nitrogen and oxygen atoms in total. The normalized spacial score (nSPS) is 10.9. The number of nitrogens with zero attached hydrogens (tertiary/aromatic N) is 4. The van der Waals surface area contributed by atoms with Gasteiger partial charge in [0.05, 0.1) is 37.5 Å². The molecule has 0 fully saturated rings. The standard InChI is InChI=1S/C30H27ClN6O4/c1-17-26(30(39)37(36(17)2)22-7-5-6-20(31)14-22)29(38)34-21-10-8-18(9-11-21)27-28(32)33-16-25(35-27)19-12-23(40-3)15-24(13-19)41-4/h5-16H,1-4H3,(H2,32,33)(H,34,38). The molecule has 0 unspecified atom stereocenters. The van der Waals surface area contributed by atoms with Crippen molar-refractivity contribution in [3.63, 3.8) is 0 Å². The highest BCUT2D eigenvalue weighted by Gasteiger charge is 2.22. The molecular weight excluding hydrogens is 544 g/mol. The second-order valence-electron chi connectivity index (χ2n) is 9.20. The fraction of sp³-hybridized carbons (Fsp3) is 0.133. The number of nitrogens with two attached hydrogens (primary N) is 1. The molecule has 3 aromatic carbocycles. The smallest absolute Gasteiger partial charge is 0.284 e. The first-order valence-electron chi connectivity index (χ1n) is 12.5. The number of rotatable bonds is 7. The summed E-state index contributed by atoms with van der Waals surface area (Å²) >= 11 is 6.12. The van der Waals surface area contributed by atoms with E-state index < -0.39 is 11.5 Å². The van der Waals surface area contributed by atoms with Gasteiger partial charge in [0.15, 0.2) is 0 Å². The molecule has 1 amide bonds. The molecule has 3 N–H and O–H groups in total. The molecule has 5 aromatic rings. The number of ether oxygens (including phenoxy) is 2. The Balaban J connectivity index is 1.41. The molecule has 0 saturated heterocycles. The van der Waals surface area contributed by atoms with E-state index in [0.717, 1.165) is 5.56 Å². The van der Waals surface area contributed by atoms with Crippen LogP contribution in [0.3, 0.4) is 0 Å². The lowest BCUT2D eigenvalue weighted by molar-refractivity contribution is 0.102. The van der Waals surface area contributed by atoms with Crippen molar-refractivity contribution in [2.75, 3.05) is 25.3 Å². The molecule has 11 heteroatoms. The minimum Gasteiger partial charge on any atom is -0.497 e. The lowest BCUT2D eigenvalue weighted by Crippen LogP contribution is -2.25. The number of nitrogens with one attached hydrogen (secondary N) is 1. The van der Waals surface area contributed by atoms with Gasteiger partial charge in [0, 0.05) is 35.0 Å². The molecule has 0 aliphatic rings. The van der Waals surface area contributed by atoms with Crippen LogP contribution < -0.4 is 26.1 Å². The van der Waals surface area contributed by atoms with Gasteiger partial charge in [-0.05, 0) is 49.4 Å². The van der Waals surface area contributed by atoms with Crippen LogP contribution in [0.4, 0.5) is 11.5 Å². The van der Waals surface area contributed by atoms with E-state index in [9.17, 15) is 9.59 Å². The number of benzene rings is 3. The van der Waals surface area contributed by atoms with Crippen LogP contribution in [-0.4, -0.2) is 39.5 Å². The van der Waals surface area contributed by atoms with Crippen LogP contribution in [0.1, 0.15) is 16.1 Å². The Morgan fingerprint density at radius 3 is 2.29 bits per heavy atom. The fourth-order valence-corrected chi connectivity index (χ4v) is 4.66. The number of amides is 1. The van der Waals surface area contributed by atoms with E-state index in [0.29, 0.717) is 50.5 Å². The summed E-state index contributed by atoms with van der Waals surface area (Å²) in [6.45, 7) is 1.72. The van der Waals surface area contributed by atoms with Gasteiger partial charge in [-0.3, -0.25) is 14.3 Å². The lowest BCUT2D eigenvalue weighted by Gasteiger charge is -2.11. The van der Waals surface area contributed by atoms with Gasteiger partial charge in [-0.15, -0.1) is 0 Å². The lowest BCUT2D eigenvalue weighted by atomic mass is 10.1. The number of anilines is 2. The molecule has 41 heavy (non-hydrogen) atoms. The third-order valence-electron chi connectivity index (χ3n) is 6.70. The number of hydrogen-bond acceptors (Lipinski definition) is 7. The molecule has 0 saturated carbocycles. The fourth-order valence-electron chi connectivity index (χ4n) is 4.48. The van der Waals surface area contributed by atoms with Gasteiger partial charge in [-0.25, -0.2) is 14.6 Å². The number of halogens is 1. The van der Waals surface area contributed by atoms with Gasteiger partial charge in [0.1, 0.15) is 28.6 Å². The zero-order valence-electron chi connectivity index (χ0n) is 22.8. The summed E-state index contributed by atoms with van der Waals surface area (Å²) in [5.41, 5.74) is 9.84. The molecule has 0 bridgehead atoms. The maximum Gasteiger partial charge on any atom is 0.284 e. The Bertz CT molecular complexity index is 1810. The number of hydrogen-bond donors (Lipinski definition) is 2. The number of aromatic nitrogens is 4. The van der Waals surface area contributed by atoms with Gasteiger partial charge in [0.25, 0.3) is 11.5 Å². The first-order valence-corrected chi connectivity index (χ1v) is 12.9. The van der Waals surface area contributed by atoms with E-state index in [4.69, 9.17) is 31.8 Å². The number of carbonyl (C=O) groups is 1. The highest BCUT2D eigenvalue weighted by Crippen LogP contribution is 2.31. The van der Waals surface area contributed by atoms with E-state index in [-0.39, 0.29) is 11.4 Å². The topological polar surface area (TPSA) is 126 Å². The summed E-state index contributed by atoms with van der Waals surface area (Å²) < 4.78 is 13.8. The van der Waals surface area contributed by atoms with Gasteiger partial charge in [-0.1, -0.05) is 29.8 Å². The van der Waals surface area contributed by atoms with Gasteiger partial charge < -0.3 is 20.5 Å². The van der Waals surface area contributed by atoms with Crippen LogP contribution in [0.2, 0.25) is 5.02 Å². The predicted octanol–water partition coefficient (Wildman–Crippen LogP) is 5.11. The molecule has 0 aliphatic carbocycles. The quantitative estimate of drug-likeness (QED) is 0.278. The third-order valence-corrected chi connectivity index (χ3v) is 6.93. The van der Waals surface area contributed by atoms with Crippen molar-refractivity contribution in [3.8, 4) is 39.7 Å². The highest BCUT2D eigenvalue weighted by atomic mass is 35.5. The zero-order chi connectivity index (χ0) is 29.3. The van der Waals surface area contributed by atoms with E-state index in [1.165, 1.54) is 4.68 Å². The average molecular weight is 571 g/mol. The molecule has 0 radical (unpaired) electrons. The summed E-state index contributed by atoms with van der Waals surface area (Å²) in [6, 6.07) is 19.3. The Morgan fingerprint density at radius 2 is 1.66 bits per heavy atom. The van der Waals surface area contributed by atoms with Crippen LogP contribution in [0.5, 0.6) is 11.5 Å². The third kappa shape index (κ3) is 5.37. The maximum atomic E-state index is 13.3. The molecule has 0 spiro atoms. The maximum absolute atomic E-state index is 13.3. The summed E-state index contributed by atoms with van der Waals surface area (Å²) in [4.78, 5) is 35.5. The second kappa shape index (κ2) is 11.2. The van der Waals surface area contributed by atoms with Crippen LogP contribution in [0, 0.1) is 6.92 Å². The van der Waals surface area contributed by atoms with E-state index in [2.05, 4.69) is 10.3 Å². The van der Waals surface area contributed by atoms with Crippen molar-refractivity contribution >= 4 is 29.0 Å². The summed E-state index contributed by atoms with van der Waals surface area (Å²) in [7, 11) is 4.87. The van der Waals surface area contributed by atoms with E-state index in [1.807, 2.05) is 12.1 Å². The van der Waals surface area contributed by atoms with Gasteiger partial charge in [-0.2, -0.15) is 0 Å². The van der Waals surface area contributed by atoms with Crippen LogP contribution in [-0.2, 0) is 7.05 Å². The molecule has 0 atom stereocenters. The monoisotopic (exact) mass is 570 g/mol. The van der Waals surface area contributed by atoms with Crippen molar-refractivity contribution < 1.29 is 14.3 Å². The number of methoxy groups -OCH3 is 2. The largest absolute Gasteiger partial charge is 0.497 e. The van der Waals surface area contributed by atoms with Crippen molar-refractivity contribution in [2.45, 2.75) is 6.92 Å². The highest BCUT2D eigenvalue weighted by molar-refractivity contribution is 6.30. The van der Waals surface area contributed by atoms with Crippen LogP contribution in [0.25, 0.3) is 28.2 Å². The first kappa shape index (κ1) is 27.5. The molecule has 2 heterocycles. The van der Waals surface area contributed by atoms with Crippen molar-refractivity contribution in [3.05, 3.63) is 99.6 Å². The van der Waals surface area contributed by atoms with Crippen molar-refractivity contribution in [2.24, 2.45) is 7.05 Å². The Morgan fingerprint density at radius 1 is 0.976 bits per heavy atom. The molecular formula is C30H27ClN6O4. The summed E-state index contributed by atoms with van der Waals surface area (Å²) in [5.74, 6) is 0.965. The SMILES string of the molecule is COc1cc(OC)cc(-c2cnc(N)c(-c3ccc(NC(=O)c4c(C)n(C)n(-c5cccc(Cl)c5)c4=O)cc3)n2)c1. The summed E-state index contributed by atoms with van der Waals surface area (Å²) in [5, 5.41) is 3.30. The zero-order valence-corrected chi connectivity index (χ0v) is 23.6. The van der Waals surface area contributed by atoms with Crippen LogP contribution in [0.15, 0.2) is 77.7 Å². The van der Waals surface area contributed by atoms with Crippen LogP contribution >= 0.6 is 11.6 Å². The Kier molecular flexibility index (Phi) is 7.50. The molecule has 5 rings (SSSR count). The van der Waals surface area contributed by atoms with Crippen molar-refractivity contribution in [1.29, 1.82) is 0 Å². The Hall–Kier alpha value is -5.09. The minimum absolute atomic E-state index is 0.0353. The predicted molar refractivity (Wildman–Crippen MR) is 159 cm³/mol. The van der Waals surface area contributed by atoms with E-state index in [1.54, 1.807) is 93.7 Å². The second-order valence-corrected chi connectivity index (χ2v) is 9.64. The average Bonchev–Trinajstić information content (AvgIpc) is 3.20. The molecule has 208 valence electrons. The van der Waals surface area contributed by atoms with Gasteiger partial charge >= 0.3 is 0 Å². The molecule has 0 aliphatic heterocycles. The molecule has 2 aromatic heterocycles. The first-order chi connectivity index (χ1) is 19.7. The van der Waals surface area contributed by atoms with Gasteiger partial charge in [0.2, 0.25) is 0 Å².